The first kappa shape index (κ1) is 15.9. The summed E-state index contributed by atoms with van der Waals surface area (Å²) in [6, 6.07) is 3.71. The number of methoxy groups -OCH3 is 1. The number of thiazole rings is 1. The Morgan fingerprint density at radius 2 is 2.00 bits per heavy atom. The molecule has 6 heteroatoms. The van der Waals surface area contributed by atoms with Crippen LogP contribution in [0.4, 0.5) is 0 Å². The molecule has 0 spiro atoms. The fourth-order valence-corrected chi connectivity index (χ4v) is 3.16. The Labute approximate surface area is 129 Å². The van der Waals surface area contributed by atoms with Gasteiger partial charge in [-0.2, -0.15) is 0 Å². The number of hydrogen-bond acceptors (Lipinski definition) is 6. The van der Waals surface area contributed by atoms with Crippen molar-refractivity contribution in [2.75, 3.05) is 13.7 Å². The average molecular weight is 306 g/mol. The van der Waals surface area contributed by atoms with Gasteiger partial charge >= 0.3 is 0 Å². The average Bonchev–Trinajstić information content (AvgIpc) is 2.89. The molecule has 0 atom stereocenters. The van der Waals surface area contributed by atoms with Gasteiger partial charge in [0.2, 0.25) is 5.88 Å². The Morgan fingerprint density at radius 1 is 1.24 bits per heavy atom. The molecule has 0 aliphatic rings. The lowest BCUT2D eigenvalue weighted by Crippen LogP contribution is -2.18. The number of hydrogen-bond donors (Lipinski definition) is 1. The van der Waals surface area contributed by atoms with Gasteiger partial charge in [-0.25, -0.2) is 4.98 Å². The van der Waals surface area contributed by atoms with Crippen LogP contribution in [0, 0.1) is 0 Å². The Balaban J connectivity index is 2.37. The predicted octanol–water partition coefficient (Wildman–Crippen LogP) is 3.02. The monoisotopic (exact) mass is 306 g/mol. The lowest BCUT2D eigenvalue weighted by Gasteiger charge is -2.17. The Hall–Kier alpha value is -1.53. The third-order valence-corrected chi connectivity index (χ3v) is 4.09. The molecule has 0 saturated heterocycles. The second-order valence-electron chi connectivity index (χ2n) is 5.78. The van der Waals surface area contributed by atoms with Crippen LogP contribution in [0.1, 0.15) is 38.3 Å². The van der Waals surface area contributed by atoms with Crippen molar-refractivity contribution >= 4 is 11.3 Å². The number of aromatic nitrogens is 3. The standard InChI is InChI=1S/C15H22N4OS/c1-6-16-9-11-13(15(2,3)4)17-14(21-11)10-7-8-12(20-5)19-18-10/h7-8,16H,6,9H2,1-5H3. The van der Waals surface area contributed by atoms with Crippen molar-refractivity contribution in [3.8, 4) is 16.6 Å². The highest BCUT2D eigenvalue weighted by Gasteiger charge is 2.23. The third kappa shape index (κ3) is 3.77. The molecule has 114 valence electrons. The van der Waals surface area contributed by atoms with E-state index in [9.17, 15) is 0 Å². The summed E-state index contributed by atoms with van der Waals surface area (Å²) in [7, 11) is 1.58. The van der Waals surface area contributed by atoms with Crippen molar-refractivity contribution in [2.45, 2.75) is 39.7 Å². The lowest BCUT2D eigenvalue weighted by molar-refractivity contribution is 0.392. The van der Waals surface area contributed by atoms with E-state index in [0.29, 0.717) is 5.88 Å². The molecule has 2 rings (SSSR count). The van der Waals surface area contributed by atoms with Crippen LogP contribution in [-0.2, 0) is 12.0 Å². The van der Waals surface area contributed by atoms with Crippen LogP contribution in [0.3, 0.4) is 0 Å². The third-order valence-electron chi connectivity index (χ3n) is 3.01. The predicted molar refractivity (Wildman–Crippen MR) is 85.8 cm³/mol. The summed E-state index contributed by atoms with van der Waals surface area (Å²) in [5.41, 5.74) is 1.93. The van der Waals surface area contributed by atoms with Gasteiger partial charge in [-0.15, -0.1) is 21.5 Å². The van der Waals surface area contributed by atoms with Crippen molar-refractivity contribution in [2.24, 2.45) is 0 Å². The maximum Gasteiger partial charge on any atom is 0.233 e. The molecule has 2 heterocycles. The molecular weight excluding hydrogens is 284 g/mol. The molecule has 0 amide bonds. The van der Waals surface area contributed by atoms with Crippen LogP contribution in [0.5, 0.6) is 5.88 Å². The zero-order chi connectivity index (χ0) is 15.5. The summed E-state index contributed by atoms with van der Waals surface area (Å²) >= 11 is 1.68. The highest BCUT2D eigenvalue weighted by molar-refractivity contribution is 7.15. The van der Waals surface area contributed by atoms with E-state index in [-0.39, 0.29) is 5.41 Å². The topological polar surface area (TPSA) is 59.9 Å². The van der Waals surface area contributed by atoms with Crippen LogP contribution in [0.15, 0.2) is 12.1 Å². The first-order chi connectivity index (χ1) is 9.95. The molecule has 2 aromatic heterocycles. The summed E-state index contributed by atoms with van der Waals surface area (Å²) in [5, 5.41) is 12.5. The van der Waals surface area contributed by atoms with Gasteiger partial charge in [0, 0.05) is 22.9 Å². The van der Waals surface area contributed by atoms with E-state index < -0.39 is 0 Å². The summed E-state index contributed by atoms with van der Waals surface area (Å²) in [5.74, 6) is 0.513. The van der Waals surface area contributed by atoms with Crippen molar-refractivity contribution in [1.29, 1.82) is 0 Å². The fraction of sp³-hybridized carbons (Fsp3) is 0.533. The zero-order valence-electron chi connectivity index (χ0n) is 13.2. The molecule has 5 nitrogen and oxygen atoms in total. The first-order valence-corrected chi connectivity index (χ1v) is 7.86. The minimum atomic E-state index is 0.0133. The molecule has 0 fully saturated rings. The van der Waals surface area contributed by atoms with Crippen molar-refractivity contribution in [1.82, 2.24) is 20.5 Å². The molecular formula is C15H22N4OS. The van der Waals surface area contributed by atoms with E-state index in [1.54, 1.807) is 18.4 Å². The second kappa shape index (κ2) is 6.49. The Morgan fingerprint density at radius 3 is 2.52 bits per heavy atom. The molecule has 0 aliphatic heterocycles. The van der Waals surface area contributed by atoms with Gasteiger partial charge in [0.1, 0.15) is 10.7 Å². The largest absolute Gasteiger partial charge is 0.480 e. The molecule has 0 saturated carbocycles. The van der Waals surface area contributed by atoms with E-state index in [0.717, 1.165) is 29.5 Å². The number of nitrogens with one attached hydrogen (secondary N) is 1. The van der Waals surface area contributed by atoms with Crippen LogP contribution in [0.2, 0.25) is 0 Å². The molecule has 21 heavy (non-hydrogen) atoms. The molecule has 0 aromatic carbocycles. The Bertz CT molecular complexity index is 587. The van der Waals surface area contributed by atoms with Gasteiger partial charge in [-0.1, -0.05) is 27.7 Å². The molecule has 0 radical (unpaired) electrons. The van der Waals surface area contributed by atoms with Crippen LogP contribution >= 0.6 is 11.3 Å². The maximum atomic E-state index is 5.04. The molecule has 1 N–H and O–H groups in total. The van der Waals surface area contributed by atoms with Crippen molar-refractivity contribution < 1.29 is 4.74 Å². The van der Waals surface area contributed by atoms with E-state index in [1.807, 2.05) is 12.1 Å². The Kier molecular flexibility index (Phi) is 4.90. The zero-order valence-corrected chi connectivity index (χ0v) is 14.0. The van der Waals surface area contributed by atoms with E-state index >= 15 is 0 Å². The van der Waals surface area contributed by atoms with Crippen molar-refractivity contribution in [3.05, 3.63) is 22.7 Å². The first-order valence-electron chi connectivity index (χ1n) is 7.04. The van der Waals surface area contributed by atoms with Gasteiger partial charge in [0.25, 0.3) is 0 Å². The SMILES string of the molecule is CCNCc1sc(-c2ccc(OC)nn2)nc1C(C)(C)C. The second-order valence-corrected chi connectivity index (χ2v) is 6.87. The van der Waals surface area contributed by atoms with Gasteiger partial charge in [0.15, 0.2) is 0 Å². The quantitative estimate of drug-likeness (QED) is 0.920. The molecule has 0 aliphatic carbocycles. The number of nitrogens with zero attached hydrogens (tertiary/aromatic N) is 3. The maximum absolute atomic E-state index is 5.04. The minimum Gasteiger partial charge on any atom is -0.480 e. The van der Waals surface area contributed by atoms with Crippen molar-refractivity contribution in [3.63, 3.8) is 0 Å². The van der Waals surface area contributed by atoms with Gasteiger partial charge in [-0.05, 0) is 12.6 Å². The molecule has 2 aromatic rings. The highest BCUT2D eigenvalue weighted by Crippen LogP contribution is 2.33. The van der Waals surface area contributed by atoms with E-state index in [1.165, 1.54) is 4.88 Å². The normalized spacial score (nSPS) is 11.7. The van der Waals surface area contributed by atoms with Crippen LogP contribution in [0.25, 0.3) is 10.7 Å². The molecule has 0 bridgehead atoms. The van der Waals surface area contributed by atoms with Gasteiger partial charge in [-0.3, -0.25) is 0 Å². The molecule has 0 unspecified atom stereocenters. The number of ether oxygens (including phenoxy) is 1. The lowest BCUT2D eigenvalue weighted by atomic mass is 9.91. The van der Waals surface area contributed by atoms with E-state index in [2.05, 4.69) is 43.2 Å². The summed E-state index contributed by atoms with van der Waals surface area (Å²) in [6.07, 6.45) is 0. The number of rotatable bonds is 5. The minimum absolute atomic E-state index is 0.0133. The smallest absolute Gasteiger partial charge is 0.233 e. The van der Waals surface area contributed by atoms with E-state index in [4.69, 9.17) is 9.72 Å². The van der Waals surface area contributed by atoms with Gasteiger partial charge in [0.05, 0.1) is 12.8 Å². The highest BCUT2D eigenvalue weighted by atomic mass is 32.1. The summed E-state index contributed by atoms with van der Waals surface area (Å²) in [6.45, 7) is 10.4. The van der Waals surface area contributed by atoms with Crippen LogP contribution < -0.4 is 10.1 Å². The fourth-order valence-electron chi connectivity index (χ4n) is 1.95. The summed E-state index contributed by atoms with van der Waals surface area (Å²) < 4.78 is 5.04. The van der Waals surface area contributed by atoms with Gasteiger partial charge < -0.3 is 10.1 Å². The summed E-state index contributed by atoms with van der Waals surface area (Å²) in [4.78, 5) is 6.06. The van der Waals surface area contributed by atoms with Crippen LogP contribution in [-0.4, -0.2) is 28.8 Å².